The van der Waals surface area contributed by atoms with Crippen molar-refractivity contribution in [3.05, 3.63) is 11.6 Å². The number of rotatable bonds is 1. The molecule has 0 radical (unpaired) electrons. The summed E-state index contributed by atoms with van der Waals surface area (Å²) in [5, 5.41) is 0. The van der Waals surface area contributed by atoms with Crippen LogP contribution < -0.4 is 0 Å². The molecule has 0 bridgehead atoms. The van der Waals surface area contributed by atoms with Gasteiger partial charge in [-0.3, -0.25) is 4.79 Å². The van der Waals surface area contributed by atoms with E-state index in [-0.39, 0.29) is 11.9 Å². The third kappa shape index (κ3) is 2.61. The van der Waals surface area contributed by atoms with Crippen molar-refractivity contribution in [2.45, 2.75) is 45.4 Å². The Labute approximate surface area is 91.7 Å². The molecule has 0 aromatic rings. The Morgan fingerprint density at radius 2 is 2.00 bits per heavy atom. The summed E-state index contributed by atoms with van der Waals surface area (Å²) in [4.78, 5) is 11.4. The molecule has 15 heavy (non-hydrogen) atoms. The normalized spacial score (nSPS) is 29.3. The standard InChI is InChI=1S/C13H20O2/c1-10-7-8-12(9-15-13(10)14)11-5-3-2-4-6-11/h8,10-11H,2-7,9H2,1H3. The molecule has 0 spiro atoms. The Morgan fingerprint density at radius 3 is 2.73 bits per heavy atom. The quantitative estimate of drug-likeness (QED) is 0.489. The molecule has 0 aromatic carbocycles. The lowest BCUT2D eigenvalue weighted by Crippen LogP contribution is -2.15. The third-order valence-electron chi connectivity index (χ3n) is 3.65. The highest BCUT2D eigenvalue weighted by Gasteiger charge is 2.23. The van der Waals surface area contributed by atoms with Crippen molar-refractivity contribution in [3.63, 3.8) is 0 Å². The van der Waals surface area contributed by atoms with Crippen LogP contribution in [0.4, 0.5) is 0 Å². The Kier molecular flexibility index (Phi) is 3.45. The highest BCUT2D eigenvalue weighted by Crippen LogP contribution is 2.31. The first-order valence-electron chi connectivity index (χ1n) is 6.13. The lowest BCUT2D eigenvalue weighted by Gasteiger charge is -2.23. The number of allylic oxidation sites excluding steroid dienone is 1. The minimum atomic E-state index is -0.0305. The minimum Gasteiger partial charge on any atom is -0.461 e. The molecule has 1 atom stereocenters. The monoisotopic (exact) mass is 208 g/mol. The molecule has 1 unspecified atom stereocenters. The minimum absolute atomic E-state index is 0.0305. The zero-order valence-corrected chi connectivity index (χ0v) is 9.50. The van der Waals surface area contributed by atoms with E-state index in [0.29, 0.717) is 12.5 Å². The van der Waals surface area contributed by atoms with Crippen molar-refractivity contribution in [2.24, 2.45) is 11.8 Å². The van der Waals surface area contributed by atoms with Crippen LogP contribution in [0.2, 0.25) is 0 Å². The fourth-order valence-electron chi connectivity index (χ4n) is 2.54. The summed E-state index contributed by atoms with van der Waals surface area (Å²) in [6.07, 6.45) is 9.75. The van der Waals surface area contributed by atoms with Crippen molar-refractivity contribution in [2.75, 3.05) is 6.61 Å². The van der Waals surface area contributed by atoms with E-state index in [2.05, 4.69) is 6.08 Å². The predicted molar refractivity (Wildman–Crippen MR) is 59.4 cm³/mol. The molecule has 84 valence electrons. The van der Waals surface area contributed by atoms with E-state index in [1.807, 2.05) is 6.92 Å². The van der Waals surface area contributed by atoms with Crippen LogP contribution in [0.1, 0.15) is 45.4 Å². The Hall–Kier alpha value is -0.790. The van der Waals surface area contributed by atoms with Gasteiger partial charge in [-0.15, -0.1) is 0 Å². The average Bonchev–Trinajstić information content (AvgIpc) is 2.44. The molecule has 2 aliphatic rings. The van der Waals surface area contributed by atoms with Gasteiger partial charge in [-0.25, -0.2) is 0 Å². The number of hydrogen-bond donors (Lipinski definition) is 0. The van der Waals surface area contributed by atoms with Crippen LogP contribution in [0.15, 0.2) is 11.6 Å². The predicted octanol–water partition coefficient (Wildman–Crippen LogP) is 3.08. The molecule has 0 saturated heterocycles. The molecule has 0 aromatic heterocycles. The van der Waals surface area contributed by atoms with Gasteiger partial charge in [0.2, 0.25) is 0 Å². The van der Waals surface area contributed by atoms with E-state index in [1.54, 1.807) is 0 Å². The average molecular weight is 208 g/mol. The van der Waals surface area contributed by atoms with Gasteiger partial charge in [0.25, 0.3) is 0 Å². The first-order valence-corrected chi connectivity index (χ1v) is 6.13. The largest absolute Gasteiger partial charge is 0.461 e. The van der Waals surface area contributed by atoms with E-state index in [1.165, 1.54) is 37.7 Å². The summed E-state index contributed by atoms with van der Waals surface area (Å²) in [5.74, 6) is 0.708. The second-order valence-corrected chi connectivity index (χ2v) is 4.86. The van der Waals surface area contributed by atoms with Gasteiger partial charge in [-0.1, -0.05) is 32.3 Å². The first kappa shape index (κ1) is 10.7. The zero-order valence-electron chi connectivity index (χ0n) is 9.50. The smallest absolute Gasteiger partial charge is 0.309 e. The van der Waals surface area contributed by atoms with Gasteiger partial charge in [0.15, 0.2) is 0 Å². The van der Waals surface area contributed by atoms with Crippen LogP contribution in [-0.2, 0) is 9.53 Å². The summed E-state index contributed by atoms with van der Waals surface area (Å²) >= 11 is 0. The van der Waals surface area contributed by atoms with Crippen LogP contribution in [-0.4, -0.2) is 12.6 Å². The van der Waals surface area contributed by atoms with Crippen LogP contribution >= 0.6 is 0 Å². The second kappa shape index (κ2) is 4.82. The molecule has 1 fully saturated rings. The summed E-state index contributed by atoms with van der Waals surface area (Å²) in [7, 11) is 0. The number of cyclic esters (lactones) is 1. The molecule has 2 heteroatoms. The molecule has 1 heterocycles. The fraction of sp³-hybridized carbons (Fsp3) is 0.769. The van der Waals surface area contributed by atoms with Gasteiger partial charge >= 0.3 is 5.97 Å². The molecule has 2 rings (SSSR count). The van der Waals surface area contributed by atoms with Gasteiger partial charge in [0.05, 0.1) is 5.92 Å². The van der Waals surface area contributed by atoms with Crippen LogP contribution in [0.3, 0.4) is 0 Å². The zero-order chi connectivity index (χ0) is 10.7. The lowest BCUT2D eigenvalue weighted by atomic mass is 9.83. The van der Waals surface area contributed by atoms with Crippen molar-refractivity contribution >= 4 is 5.97 Å². The molecule has 1 aliphatic carbocycles. The fourth-order valence-corrected chi connectivity index (χ4v) is 2.54. The lowest BCUT2D eigenvalue weighted by molar-refractivity contribution is -0.146. The highest BCUT2D eigenvalue weighted by molar-refractivity contribution is 5.72. The van der Waals surface area contributed by atoms with Crippen LogP contribution in [0.5, 0.6) is 0 Å². The molecule has 0 N–H and O–H groups in total. The molecule has 1 saturated carbocycles. The maximum absolute atomic E-state index is 11.4. The first-order chi connectivity index (χ1) is 7.27. The van der Waals surface area contributed by atoms with E-state index in [9.17, 15) is 4.79 Å². The maximum atomic E-state index is 11.4. The van der Waals surface area contributed by atoms with Crippen molar-refractivity contribution < 1.29 is 9.53 Å². The van der Waals surface area contributed by atoms with Crippen molar-refractivity contribution in [1.29, 1.82) is 0 Å². The van der Waals surface area contributed by atoms with Crippen molar-refractivity contribution in [1.82, 2.24) is 0 Å². The highest BCUT2D eigenvalue weighted by atomic mass is 16.5. The van der Waals surface area contributed by atoms with Gasteiger partial charge < -0.3 is 4.74 Å². The summed E-state index contributed by atoms with van der Waals surface area (Å²) in [5.41, 5.74) is 1.38. The summed E-state index contributed by atoms with van der Waals surface area (Å²) < 4.78 is 5.27. The molecular formula is C13H20O2. The molecule has 2 nitrogen and oxygen atoms in total. The third-order valence-corrected chi connectivity index (χ3v) is 3.65. The van der Waals surface area contributed by atoms with E-state index in [4.69, 9.17) is 4.74 Å². The van der Waals surface area contributed by atoms with Gasteiger partial charge in [0.1, 0.15) is 6.61 Å². The van der Waals surface area contributed by atoms with Crippen LogP contribution in [0, 0.1) is 11.8 Å². The van der Waals surface area contributed by atoms with Gasteiger partial charge in [-0.05, 0) is 30.8 Å². The number of hydrogen-bond acceptors (Lipinski definition) is 2. The Balaban J connectivity index is 1.99. The van der Waals surface area contributed by atoms with Crippen LogP contribution in [0.25, 0.3) is 0 Å². The van der Waals surface area contributed by atoms with E-state index >= 15 is 0 Å². The van der Waals surface area contributed by atoms with Gasteiger partial charge in [-0.2, -0.15) is 0 Å². The molecule has 1 aliphatic heterocycles. The summed E-state index contributed by atoms with van der Waals surface area (Å²) in [6, 6.07) is 0. The van der Waals surface area contributed by atoms with E-state index in [0.717, 1.165) is 6.42 Å². The van der Waals surface area contributed by atoms with E-state index < -0.39 is 0 Å². The Bertz CT molecular complexity index is 262. The Morgan fingerprint density at radius 1 is 1.27 bits per heavy atom. The molecular weight excluding hydrogens is 188 g/mol. The molecule has 0 amide bonds. The van der Waals surface area contributed by atoms with Gasteiger partial charge in [0, 0.05) is 0 Å². The topological polar surface area (TPSA) is 26.3 Å². The number of ether oxygens (including phenoxy) is 1. The maximum Gasteiger partial charge on any atom is 0.309 e. The second-order valence-electron chi connectivity index (χ2n) is 4.86. The number of carbonyl (C=O) groups is 1. The SMILES string of the molecule is CC1CC=C(C2CCCCC2)COC1=O. The number of carbonyl (C=O) groups excluding carboxylic acids is 1. The van der Waals surface area contributed by atoms with Crippen molar-refractivity contribution in [3.8, 4) is 0 Å². The number of esters is 1. The summed E-state index contributed by atoms with van der Waals surface area (Å²) in [6.45, 7) is 2.50.